The lowest BCUT2D eigenvalue weighted by atomic mass is 10.2. The predicted octanol–water partition coefficient (Wildman–Crippen LogP) is 4.05. The first-order valence-electron chi connectivity index (χ1n) is 11.8. The van der Waals surface area contributed by atoms with E-state index in [0.29, 0.717) is 21.8 Å². The number of aromatic amines is 1. The Kier molecular flexibility index (Phi) is 7.45. The summed E-state index contributed by atoms with van der Waals surface area (Å²) in [6.07, 6.45) is 1.39. The van der Waals surface area contributed by atoms with Gasteiger partial charge in [0.05, 0.1) is 34.0 Å². The number of rotatable bonds is 8. The van der Waals surface area contributed by atoms with E-state index in [-0.39, 0.29) is 27.8 Å². The molecule has 0 aliphatic carbocycles. The number of nitrogens with zero attached hydrogens (tertiary/aromatic N) is 4. The van der Waals surface area contributed by atoms with Crippen LogP contribution in [0.2, 0.25) is 5.02 Å². The first-order chi connectivity index (χ1) is 19.1. The van der Waals surface area contributed by atoms with Gasteiger partial charge >= 0.3 is 11.4 Å². The third-order valence-corrected chi connectivity index (χ3v) is 7.10. The van der Waals surface area contributed by atoms with E-state index in [1.54, 1.807) is 12.1 Å². The summed E-state index contributed by atoms with van der Waals surface area (Å²) in [7, 11) is 0. The van der Waals surface area contributed by atoms with Crippen molar-refractivity contribution in [2.45, 2.75) is 20.0 Å². The average molecular weight is 590 g/mol. The number of hydrogen-bond donors (Lipinski definition) is 3. The van der Waals surface area contributed by atoms with Crippen LogP contribution >= 0.6 is 22.9 Å². The molecule has 0 unspecified atom stereocenters. The molecule has 0 aliphatic heterocycles. The van der Waals surface area contributed by atoms with Crippen LogP contribution in [0.25, 0.3) is 10.2 Å². The van der Waals surface area contributed by atoms with Crippen molar-refractivity contribution in [2.24, 2.45) is 0 Å². The lowest BCUT2D eigenvalue weighted by molar-refractivity contribution is 0.444. The van der Waals surface area contributed by atoms with Crippen molar-refractivity contribution in [2.75, 3.05) is 17.2 Å². The van der Waals surface area contributed by atoms with Gasteiger partial charge in [-0.05, 0) is 42.8 Å². The van der Waals surface area contributed by atoms with Crippen molar-refractivity contribution >= 4 is 49.9 Å². The van der Waals surface area contributed by atoms with E-state index in [2.05, 4.69) is 25.6 Å². The predicted molar refractivity (Wildman–Crippen MR) is 146 cm³/mol. The zero-order valence-electron chi connectivity index (χ0n) is 20.6. The van der Waals surface area contributed by atoms with Crippen LogP contribution in [0.3, 0.4) is 0 Å². The van der Waals surface area contributed by atoms with E-state index in [1.807, 2.05) is 6.92 Å². The molecule has 3 aromatic heterocycles. The molecular formula is C25H19ClF3N7O3S. The van der Waals surface area contributed by atoms with Crippen LogP contribution < -0.4 is 27.6 Å². The third-order valence-electron chi connectivity index (χ3n) is 5.81. The van der Waals surface area contributed by atoms with E-state index < -0.39 is 47.5 Å². The van der Waals surface area contributed by atoms with Crippen LogP contribution in [0.15, 0.2) is 57.0 Å². The van der Waals surface area contributed by atoms with Crippen LogP contribution in [-0.4, -0.2) is 30.6 Å². The van der Waals surface area contributed by atoms with Gasteiger partial charge in [0.25, 0.3) is 5.56 Å². The van der Waals surface area contributed by atoms with Gasteiger partial charge < -0.3 is 15.6 Å². The summed E-state index contributed by atoms with van der Waals surface area (Å²) in [6, 6.07) is 7.64. The molecule has 5 rings (SSSR count). The average Bonchev–Trinajstić information content (AvgIpc) is 3.29. The fraction of sp³-hybridized carbons (Fsp3) is 0.160. The van der Waals surface area contributed by atoms with Gasteiger partial charge in [0.1, 0.15) is 0 Å². The Morgan fingerprint density at radius 1 is 1.02 bits per heavy atom. The van der Waals surface area contributed by atoms with Crippen molar-refractivity contribution < 1.29 is 13.2 Å². The Balaban J connectivity index is 1.63. The van der Waals surface area contributed by atoms with Gasteiger partial charge in [-0.1, -0.05) is 29.0 Å². The fourth-order valence-corrected chi connectivity index (χ4v) is 5.09. The van der Waals surface area contributed by atoms with E-state index in [0.717, 1.165) is 21.4 Å². The Morgan fingerprint density at radius 2 is 1.77 bits per heavy atom. The number of anilines is 3. The lowest BCUT2D eigenvalue weighted by Gasteiger charge is -2.16. The highest BCUT2D eigenvalue weighted by Gasteiger charge is 2.19. The Bertz CT molecular complexity index is 1910. The number of pyridine rings is 1. The highest BCUT2D eigenvalue weighted by atomic mass is 35.5. The minimum Gasteiger partial charge on any atom is -0.362 e. The molecule has 10 nitrogen and oxygen atoms in total. The first kappa shape index (κ1) is 27.1. The second-order valence-corrected chi connectivity index (χ2v) is 9.98. The summed E-state index contributed by atoms with van der Waals surface area (Å²) < 4.78 is 43.9. The van der Waals surface area contributed by atoms with Gasteiger partial charge in [-0.3, -0.25) is 9.36 Å². The molecule has 3 heterocycles. The molecule has 0 spiro atoms. The highest BCUT2D eigenvalue weighted by Crippen LogP contribution is 2.34. The van der Waals surface area contributed by atoms with Gasteiger partial charge in [-0.2, -0.15) is 4.98 Å². The fourth-order valence-electron chi connectivity index (χ4n) is 3.93. The number of hydrogen-bond acceptors (Lipinski definition) is 8. The molecular weight excluding hydrogens is 571 g/mol. The zero-order chi connectivity index (χ0) is 28.6. The van der Waals surface area contributed by atoms with Crippen LogP contribution in [-0.2, 0) is 13.1 Å². The van der Waals surface area contributed by atoms with Crippen LogP contribution in [0.1, 0.15) is 18.1 Å². The molecule has 0 aliphatic rings. The first-order valence-corrected chi connectivity index (χ1v) is 13.0. The number of H-pyrrole nitrogens is 1. The number of thiazole rings is 1. The highest BCUT2D eigenvalue weighted by molar-refractivity contribution is 7.22. The number of aromatic nitrogens is 5. The van der Waals surface area contributed by atoms with E-state index in [9.17, 15) is 27.6 Å². The van der Waals surface area contributed by atoms with Crippen LogP contribution in [0.4, 0.5) is 29.9 Å². The second-order valence-electron chi connectivity index (χ2n) is 8.54. The number of nitrogens with one attached hydrogen (secondary N) is 3. The summed E-state index contributed by atoms with van der Waals surface area (Å²) in [5.74, 6) is -4.87. The number of benzene rings is 2. The van der Waals surface area contributed by atoms with Crippen molar-refractivity contribution in [1.29, 1.82) is 0 Å². The zero-order valence-corrected chi connectivity index (χ0v) is 22.2. The van der Waals surface area contributed by atoms with Gasteiger partial charge in [0, 0.05) is 18.3 Å². The van der Waals surface area contributed by atoms with E-state index in [4.69, 9.17) is 11.6 Å². The van der Waals surface area contributed by atoms with Crippen molar-refractivity contribution in [3.8, 4) is 0 Å². The molecule has 2 aromatic carbocycles. The summed E-state index contributed by atoms with van der Waals surface area (Å²) in [5.41, 5.74) is -1.59. The Labute approximate surface area is 231 Å². The number of fused-ring (bicyclic) bond motifs is 1. The van der Waals surface area contributed by atoms with E-state index in [1.165, 1.54) is 29.7 Å². The Morgan fingerprint density at radius 3 is 2.48 bits per heavy atom. The molecule has 0 amide bonds. The SMILES string of the molecule is CCNc1nc2cc(Cl)c(Nc3nc(=O)n(Cc4ccc[nH]c4=O)c(=O)n3Cc3cc(F)c(F)c(F)c3)cc2s1. The van der Waals surface area contributed by atoms with Gasteiger partial charge in [-0.15, -0.1) is 0 Å². The molecule has 15 heteroatoms. The van der Waals surface area contributed by atoms with Gasteiger partial charge in [0.15, 0.2) is 22.6 Å². The van der Waals surface area contributed by atoms with E-state index >= 15 is 0 Å². The Hall–Kier alpha value is -4.43. The van der Waals surface area contributed by atoms with Crippen molar-refractivity contribution in [3.63, 3.8) is 0 Å². The molecule has 0 saturated heterocycles. The summed E-state index contributed by atoms with van der Waals surface area (Å²) in [6.45, 7) is 1.66. The summed E-state index contributed by atoms with van der Waals surface area (Å²) >= 11 is 7.80. The van der Waals surface area contributed by atoms with Crippen LogP contribution in [0, 0.1) is 17.5 Å². The maximum absolute atomic E-state index is 14.0. The largest absolute Gasteiger partial charge is 0.362 e. The van der Waals surface area contributed by atoms with Crippen LogP contribution in [0.5, 0.6) is 0 Å². The quantitative estimate of drug-likeness (QED) is 0.233. The molecule has 0 saturated carbocycles. The third kappa shape index (κ3) is 5.35. The number of halogens is 4. The summed E-state index contributed by atoms with van der Waals surface area (Å²) in [4.78, 5) is 49.5. The minimum atomic E-state index is -1.66. The monoisotopic (exact) mass is 589 g/mol. The minimum absolute atomic E-state index is 0.102. The molecule has 0 bridgehead atoms. The van der Waals surface area contributed by atoms with Gasteiger partial charge in [-0.25, -0.2) is 32.3 Å². The molecule has 40 heavy (non-hydrogen) atoms. The topological polar surface area (TPSA) is 127 Å². The molecule has 0 atom stereocenters. The molecule has 3 N–H and O–H groups in total. The normalized spacial score (nSPS) is 11.2. The molecule has 0 fully saturated rings. The molecule has 0 radical (unpaired) electrons. The lowest BCUT2D eigenvalue weighted by Crippen LogP contribution is -2.43. The van der Waals surface area contributed by atoms with Crippen molar-refractivity contribution in [3.05, 3.63) is 108 Å². The smallest absolute Gasteiger partial charge is 0.355 e. The maximum Gasteiger partial charge on any atom is 0.355 e. The van der Waals surface area contributed by atoms with Gasteiger partial charge in [0.2, 0.25) is 5.95 Å². The molecule has 206 valence electrons. The maximum atomic E-state index is 14.0. The van der Waals surface area contributed by atoms with Crippen molar-refractivity contribution in [1.82, 2.24) is 24.1 Å². The molecule has 5 aromatic rings. The summed E-state index contributed by atoms with van der Waals surface area (Å²) in [5, 5.41) is 6.83. The second kappa shape index (κ2) is 11.0. The standard InChI is InChI=1S/C25H19ClF3N7O3S/c1-2-30-23-33-18-8-14(26)17(9-19(18)40-23)32-22-34-24(38)36(11-13-4-3-5-31-21(13)37)25(39)35(22)10-12-6-15(27)20(29)16(28)7-12/h3-9H,2,10-11H2,1H3,(H,30,33)(H,31,37)(H,32,34,38).